The highest BCUT2D eigenvalue weighted by Gasteiger charge is 2.24. The highest BCUT2D eigenvalue weighted by atomic mass is 15.4. The van der Waals surface area contributed by atoms with Crippen LogP contribution in [-0.2, 0) is 13.5 Å². The van der Waals surface area contributed by atoms with Gasteiger partial charge in [0.05, 0.1) is 5.69 Å². The van der Waals surface area contributed by atoms with Crippen LogP contribution in [0.4, 0.5) is 11.5 Å². The fraction of sp³-hybridized carbons (Fsp3) is 0.769. The summed E-state index contributed by atoms with van der Waals surface area (Å²) in [5.41, 5.74) is 2.48. The lowest BCUT2D eigenvalue weighted by molar-refractivity contribution is 0.627. The predicted molar refractivity (Wildman–Crippen MR) is 72.8 cm³/mol. The van der Waals surface area contributed by atoms with Crippen LogP contribution in [0.1, 0.15) is 39.3 Å². The first kappa shape index (κ1) is 12.3. The summed E-state index contributed by atoms with van der Waals surface area (Å²) in [6, 6.07) is 0.526. The molecule has 0 saturated heterocycles. The molecule has 1 aromatic rings. The number of nitrogens with zero attached hydrogens (tertiary/aromatic N) is 3. The van der Waals surface area contributed by atoms with Crippen LogP contribution in [0.5, 0.6) is 0 Å². The number of hydrogen-bond donors (Lipinski definition) is 1. The van der Waals surface area contributed by atoms with Crippen molar-refractivity contribution in [3.8, 4) is 0 Å². The summed E-state index contributed by atoms with van der Waals surface area (Å²) < 4.78 is 2.04. The quantitative estimate of drug-likeness (QED) is 0.875. The zero-order valence-electron chi connectivity index (χ0n) is 11.5. The van der Waals surface area contributed by atoms with Crippen molar-refractivity contribution >= 4 is 11.5 Å². The van der Waals surface area contributed by atoms with E-state index in [1.165, 1.54) is 23.6 Å². The van der Waals surface area contributed by atoms with Crippen LogP contribution in [0, 0.1) is 0 Å². The Morgan fingerprint density at radius 2 is 2.18 bits per heavy atom. The molecule has 1 N–H and O–H groups in total. The van der Waals surface area contributed by atoms with Crippen molar-refractivity contribution in [2.24, 2.45) is 7.05 Å². The molecular weight excluding hydrogens is 212 g/mol. The summed E-state index contributed by atoms with van der Waals surface area (Å²) in [6.07, 6.45) is 3.40. The first-order chi connectivity index (χ1) is 8.15. The average molecular weight is 236 g/mol. The molecule has 0 fully saturated rings. The number of nitrogens with one attached hydrogen (secondary N) is 1. The van der Waals surface area contributed by atoms with Crippen LogP contribution in [0.25, 0.3) is 0 Å². The number of aromatic nitrogens is 2. The molecule has 0 bridgehead atoms. The molecule has 0 saturated carbocycles. The molecule has 0 atom stereocenters. The maximum atomic E-state index is 4.67. The van der Waals surface area contributed by atoms with E-state index in [0.29, 0.717) is 6.04 Å². The second kappa shape index (κ2) is 4.98. The minimum absolute atomic E-state index is 0.526. The van der Waals surface area contributed by atoms with Crippen molar-refractivity contribution < 1.29 is 0 Å². The van der Waals surface area contributed by atoms with Crippen molar-refractivity contribution in [2.75, 3.05) is 23.3 Å². The van der Waals surface area contributed by atoms with Crippen molar-refractivity contribution in [1.29, 1.82) is 0 Å². The third-order valence-corrected chi connectivity index (χ3v) is 3.35. The van der Waals surface area contributed by atoms with E-state index in [-0.39, 0.29) is 0 Å². The molecule has 1 aliphatic rings. The lowest BCUT2D eigenvalue weighted by Gasteiger charge is -2.27. The highest BCUT2D eigenvalue weighted by Crippen LogP contribution is 2.33. The normalized spacial score (nSPS) is 15.7. The Bertz CT molecular complexity index is 381. The van der Waals surface area contributed by atoms with E-state index in [0.717, 1.165) is 25.9 Å². The lowest BCUT2D eigenvalue weighted by atomic mass is 10.2. The standard InChI is InChI=1S/C13H24N4/c1-5-7-11-12-13(16(4)15-11)17(10(2)3)9-6-8-14-12/h10,14H,5-9H2,1-4H3. The summed E-state index contributed by atoms with van der Waals surface area (Å²) in [6.45, 7) is 8.88. The van der Waals surface area contributed by atoms with Crippen molar-refractivity contribution in [3.05, 3.63) is 5.69 Å². The third-order valence-electron chi connectivity index (χ3n) is 3.35. The molecule has 0 spiro atoms. The van der Waals surface area contributed by atoms with E-state index in [9.17, 15) is 0 Å². The molecule has 0 radical (unpaired) electrons. The first-order valence-electron chi connectivity index (χ1n) is 6.71. The Hall–Kier alpha value is -1.19. The van der Waals surface area contributed by atoms with Gasteiger partial charge in [-0.05, 0) is 26.7 Å². The number of hydrogen-bond acceptors (Lipinski definition) is 3. The fourth-order valence-electron chi connectivity index (χ4n) is 2.56. The summed E-state index contributed by atoms with van der Waals surface area (Å²) in [7, 11) is 2.06. The molecule has 17 heavy (non-hydrogen) atoms. The van der Waals surface area contributed by atoms with E-state index < -0.39 is 0 Å². The van der Waals surface area contributed by atoms with Gasteiger partial charge in [0, 0.05) is 26.2 Å². The molecule has 96 valence electrons. The number of anilines is 2. The van der Waals surface area contributed by atoms with Gasteiger partial charge in [-0.15, -0.1) is 0 Å². The van der Waals surface area contributed by atoms with Crippen LogP contribution in [0.15, 0.2) is 0 Å². The van der Waals surface area contributed by atoms with Gasteiger partial charge >= 0.3 is 0 Å². The zero-order chi connectivity index (χ0) is 12.4. The van der Waals surface area contributed by atoms with Crippen molar-refractivity contribution in [2.45, 2.75) is 46.1 Å². The molecule has 4 nitrogen and oxygen atoms in total. The van der Waals surface area contributed by atoms with E-state index in [1.807, 2.05) is 4.68 Å². The zero-order valence-corrected chi connectivity index (χ0v) is 11.5. The Morgan fingerprint density at radius 1 is 1.41 bits per heavy atom. The lowest BCUT2D eigenvalue weighted by Crippen LogP contribution is -2.32. The summed E-state index contributed by atoms with van der Waals surface area (Å²) in [4.78, 5) is 2.46. The van der Waals surface area contributed by atoms with E-state index in [1.54, 1.807) is 0 Å². The number of rotatable bonds is 3. The largest absolute Gasteiger partial charge is 0.380 e. The van der Waals surface area contributed by atoms with Crippen LogP contribution < -0.4 is 10.2 Å². The molecule has 2 heterocycles. The second-order valence-corrected chi connectivity index (χ2v) is 5.09. The van der Waals surface area contributed by atoms with E-state index in [2.05, 4.69) is 43.1 Å². The molecule has 1 aromatic heterocycles. The van der Waals surface area contributed by atoms with Crippen LogP contribution >= 0.6 is 0 Å². The molecule has 4 heteroatoms. The average Bonchev–Trinajstić information content (AvgIpc) is 2.50. The van der Waals surface area contributed by atoms with E-state index >= 15 is 0 Å². The van der Waals surface area contributed by atoms with Crippen molar-refractivity contribution in [1.82, 2.24) is 9.78 Å². The minimum Gasteiger partial charge on any atom is -0.380 e. The Labute approximate surface area is 104 Å². The topological polar surface area (TPSA) is 33.1 Å². The van der Waals surface area contributed by atoms with Crippen molar-refractivity contribution in [3.63, 3.8) is 0 Å². The molecule has 0 aromatic carbocycles. The first-order valence-corrected chi connectivity index (χ1v) is 6.71. The van der Waals surface area contributed by atoms with Crippen LogP contribution in [-0.4, -0.2) is 28.9 Å². The van der Waals surface area contributed by atoms with Gasteiger partial charge in [0.1, 0.15) is 5.69 Å². The Kier molecular flexibility index (Phi) is 3.60. The molecule has 0 unspecified atom stereocenters. The fourth-order valence-corrected chi connectivity index (χ4v) is 2.56. The third kappa shape index (κ3) is 2.26. The molecule has 2 rings (SSSR count). The SMILES string of the molecule is CCCc1nn(C)c2c1NCCCN2C(C)C. The minimum atomic E-state index is 0.526. The Morgan fingerprint density at radius 3 is 2.82 bits per heavy atom. The molecule has 0 aliphatic carbocycles. The maximum Gasteiger partial charge on any atom is 0.150 e. The van der Waals surface area contributed by atoms with Gasteiger partial charge in [0.25, 0.3) is 0 Å². The van der Waals surface area contributed by atoms with Gasteiger partial charge in [-0.1, -0.05) is 13.3 Å². The highest BCUT2D eigenvalue weighted by molar-refractivity contribution is 5.70. The molecule has 1 aliphatic heterocycles. The van der Waals surface area contributed by atoms with Gasteiger partial charge in [-0.2, -0.15) is 5.10 Å². The van der Waals surface area contributed by atoms with Gasteiger partial charge in [0.2, 0.25) is 0 Å². The maximum absolute atomic E-state index is 4.67. The number of fused-ring (bicyclic) bond motifs is 1. The predicted octanol–water partition coefficient (Wildman–Crippen LogP) is 2.40. The second-order valence-electron chi connectivity index (χ2n) is 5.09. The van der Waals surface area contributed by atoms with Gasteiger partial charge in [-0.3, -0.25) is 4.68 Å². The molecular formula is C13H24N4. The molecule has 0 amide bonds. The van der Waals surface area contributed by atoms with Crippen LogP contribution in [0.2, 0.25) is 0 Å². The monoisotopic (exact) mass is 236 g/mol. The smallest absolute Gasteiger partial charge is 0.150 e. The summed E-state index contributed by atoms with van der Waals surface area (Å²) in [5.74, 6) is 1.26. The van der Waals surface area contributed by atoms with E-state index in [4.69, 9.17) is 0 Å². The number of aryl methyl sites for hydroxylation is 2. The Balaban J connectivity index is 2.43. The van der Waals surface area contributed by atoms with Gasteiger partial charge in [-0.25, -0.2) is 0 Å². The van der Waals surface area contributed by atoms with Crippen LogP contribution in [0.3, 0.4) is 0 Å². The van der Waals surface area contributed by atoms with Gasteiger partial charge < -0.3 is 10.2 Å². The van der Waals surface area contributed by atoms with Gasteiger partial charge in [0.15, 0.2) is 5.82 Å². The summed E-state index contributed by atoms with van der Waals surface area (Å²) >= 11 is 0. The summed E-state index contributed by atoms with van der Waals surface area (Å²) in [5, 5.41) is 8.23.